The Hall–Kier alpha value is -1.44. The first-order valence-electron chi connectivity index (χ1n) is 7.52. The normalized spacial score (nSPS) is 16.0. The van der Waals surface area contributed by atoms with Gasteiger partial charge in [0.15, 0.2) is 0 Å². The number of likely N-dealkylation sites (tertiary alicyclic amines) is 1. The Kier molecular flexibility index (Phi) is 5.55. The molecule has 0 aromatic heterocycles. The molecule has 6 nitrogen and oxygen atoms in total. The molecule has 1 aliphatic rings. The number of sulfonamides is 1. The largest absolute Gasteiger partial charge is 0.366 e. The molecule has 1 heterocycles. The molecule has 0 unspecified atom stereocenters. The Labute approximate surface area is 131 Å². The number of aryl methyl sites for hydroxylation is 1. The lowest BCUT2D eigenvalue weighted by atomic mass is 10.1. The van der Waals surface area contributed by atoms with Crippen LogP contribution >= 0.6 is 0 Å². The molecule has 2 rings (SSSR count). The summed E-state index contributed by atoms with van der Waals surface area (Å²) < 4.78 is 27.1. The maximum absolute atomic E-state index is 12.2. The molecule has 1 saturated heterocycles. The third-order valence-corrected chi connectivity index (χ3v) is 5.39. The summed E-state index contributed by atoms with van der Waals surface area (Å²) in [6, 6.07) is 4.42. The number of carbonyl (C=O) groups is 1. The van der Waals surface area contributed by atoms with Crippen molar-refractivity contribution in [1.29, 1.82) is 0 Å². The van der Waals surface area contributed by atoms with Gasteiger partial charge in [-0.2, -0.15) is 0 Å². The minimum absolute atomic E-state index is 0.0769. The molecule has 0 aliphatic carbocycles. The topological polar surface area (TPSA) is 92.5 Å². The van der Waals surface area contributed by atoms with Gasteiger partial charge >= 0.3 is 0 Å². The molecule has 0 bridgehead atoms. The van der Waals surface area contributed by atoms with Crippen molar-refractivity contribution in [3.63, 3.8) is 0 Å². The van der Waals surface area contributed by atoms with Crippen LogP contribution in [0.4, 0.5) is 0 Å². The summed E-state index contributed by atoms with van der Waals surface area (Å²) in [5.41, 5.74) is 6.16. The van der Waals surface area contributed by atoms with Gasteiger partial charge in [0.2, 0.25) is 15.9 Å². The second-order valence-electron chi connectivity index (χ2n) is 5.64. The van der Waals surface area contributed by atoms with E-state index in [-0.39, 0.29) is 10.5 Å². The quantitative estimate of drug-likeness (QED) is 0.727. The van der Waals surface area contributed by atoms with E-state index in [0.717, 1.165) is 26.1 Å². The highest BCUT2D eigenvalue weighted by Gasteiger charge is 2.17. The van der Waals surface area contributed by atoms with Gasteiger partial charge < -0.3 is 10.6 Å². The lowest BCUT2D eigenvalue weighted by molar-refractivity contribution is 0.0999. The Morgan fingerprint density at radius 3 is 2.64 bits per heavy atom. The summed E-state index contributed by atoms with van der Waals surface area (Å²) in [7, 11) is -3.61. The minimum atomic E-state index is -3.61. The summed E-state index contributed by atoms with van der Waals surface area (Å²) >= 11 is 0. The molecule has 0 atom stereocenters. The lowest BCUT2D eigenvalue weighted by Gasteiger charge is -2.14. The molecular formula is C15H23N3O3S. The number of carbonyl (C=O) groups excluding carboxylic acids is 1. The predicted molar refractivity (Wildman–Crippen MR) is 85.2 cm³/mol. The van der Waals surface area contributed by atoms with Crippen molar-refractivity contribution in [2.75, 3.05) is 26.2 Å². The fraction of sp³-hybridized carbons (Fsp3) is 0.533. The molecule has 1 amide bonds. The number of benzene rings is 1. The number of rotatable bonds is 7. The number of primary amides is 1. The van der Waals surface area contributed by atoms with E-state index in [4.69, 9.17) is 5.73 Å². The van der Waals surface area contributed by atoms with Crippen LogP contribution in [0, 0.1) is 6.92 Å². The van der Waals surface area contributed by atoms with Crippen LogP contribution in [0.5, 0.6) is 0 Å². The number of hydrogen-bond donors (Lipinski definition) is 2. The molecular weight excluding hydrogens is 302 g/mol. The highest BCUT2D eigenvalue weighted by atomic mass is 32.2. The summed E-state index contributed by atoms with van der Waals surface area (Å²) in [5, 5.41) is 0. The molecule has 0 radical (unpaired) electrons. The fourth-order valence-electron chi connectivity index (χ4n) is 2.63. The molecule has 0 spiro atoms. The Morgan fingerprint density at radius 1 is 1.32 bits per heavy atom. The van der Waals surface area contributed by atoms with Crippen LogP contribution in [0.2, 0.25) is 0 Å². The van der Waals surface area contributed by atoms with Gasteiger partial charge in [0.1, 0.15) is 0 Å². The van der Waals surface area contributed by atoms with E-state index < -0.39 is 15.9 Å². The molecule has 7 heteroatoms. The molecule has 22 heavy (non-hydrogen) atoms. The Bertz CT molecular complexity index is 637. The van der Waals surface area contributed by atoms with Gasteiger partial charge in [-0.3, -0.25) is 4.79 Å². The maximum Gasteiger partial charge on any atom is 0.249 e. The third-order valence-electron chi connectivity index (χ3n) is 3.93. The van der Waals surface area contributed by atoms with Gasteiger partial charge in [0.25, 0.3) is 0 Å². The standard InChI is InChI=1S/C15H23N3O3S/c1-12-5-6-13(11-14(12)15(16)19)22(20,21)17-7-4-10-18-8-2-3-9-18/h5-6,11,17H,2-4,7-10H2,1H3,(H2,16,19). The highest BCUT2D eigenvalue weighted by Crippen LogP contribution is 2.15. The maximum atomic E-state index is 12.2. The number of hydrogen-bond acceptors (Lipinski definition) is 4. The van der Waals surface area contributed by atoms with Crippen molar-refractivity contribution in [2.24, 2.45) is 5.73 Å². The van der Waals surface area contributed by atoms with Gasteiger partial charge in [-0.1, -0.05) is 6.07 Å². The number of nitrogens with two attached hydrogens (primary N) is 1. The first-order chi connectivity index (χ1) is 10.4. The monoisotopic (exact) mass is 325 g/mol. The van der Waals surface area contributed by atoms with Crippen LogP contribution in [-0.2, 0) is 10.0 Å². The first-order valence-corrected chi connectivity index (χ1v) is 9.01. The van der Waals surface area contributed by atoms with E-state index in [2.05, 4.69) is 9.62 Å². The summed E-state index contributed by atoms with van der Waals surface area (Å²) in [6.45, 7) is 5.22. The number of nitrogens with zero attached hydrogens (tertiary/aromatic N) is 1. The van der Waals surface area contributed by atoms with Crippen molar-refractivity contribution < 1.29 is 13.2 Å². The summed E-state index contributed by atoms with van der Waals surface area (Å²) in [5.74, 6) is -0.622. The summed E-state index contributed by atoms with van der Waals surface area (Å²) in [4.78, 5) is 13.7. The Morgan fingerprint density at radius 2 is 2.00 bits per heavy atom. The molecule has 0 saturated carbocycles. The number of nitrogens with one attached hydrogen (secondary N) is 1. The van der Waals surface area contributed by atoms with E-state index >= 15 is 0 Å². The van der Waals surface area contributed by atoms with E-state index in [1.165, 1.54) is 25.0 Å². The van der Waals surface area contributed by atoms with Gasteiger partial charge in [0, 0.05) is 12.1 Å². The molecule has 1 aromatic rings. The molecule has 122 valence electrons. The van der Waals surface area contributed by atoms with E-state index in [1.807, 2.05) is 0 Å². The van der Waals surface area contributed by atoms with Gasteiger partial charge in [-0.05, 0) is 63.5 Å². The highest BCUT2D eigenvalue weighted by molar-refractivity contribution is 7.89. The lowest BCUT2D eigenvalue weighted by Crippen LogP contribution is -2.29. The van der Waals surface area contributed by atoms with Crippen LogP contribution in [0.3, 0.4) is 0 Å². The second kappa shape index (κ2) is 7.21. The first kappa shape index (κ1) is 16.9. The molecule has 1 fully saturated rings. The predicted octanol–water partition coefficient (Wildman–Crippen LogP) is 0.858. The van der Waals surface area contributed by atoms with Gasteiger partial charge in [-0.25, -0.2) is 13.1 Å². The average molecular weight is 325 g/mol. The molecule has 3 N–H and O–H groups in total. The van der Waals surface area contributed by atoms with Crippen molar-refractivity contribution in [3.05, 3.63) is 29.3 Å². The van der Waals surface area contributed by atoms with Crippen molar-refractivity contribution in [3.8, 4) is 0 Å². The molecule has 1 aliphatic heterocycles. The van der Waals surface area contributed by atoms with Crippen molar-refractivity contribution >= 4 is 15.9 Å². The van der Waals surface area contributed by atoms with Gasteiger partial charge in [0.05, 0.1) is 4.90 Å². The smallest absolute Gasteiger partial charge is 0.249 e. The van der Waals surface area contributed by atoms with E-state index in [0.29, 0.717) is 12.1 Å². The van der Waals surface area contributed by atoms with Gasteiger partial charge in [-0.15, -0.1) is 0 Å². The van der Waals surface area contributed by atoms with E-state index in [9.17, 15) is 13.2 Å². The second-order valence-corrected chi connectivity index (χ2v) is 7.41. The Balaban J connectivity index is 1.94. The fourth-order valence-corrected chi connectivity index (χ4v) is 3.73. The third kappa shape index (κ3) is 4.28. The zero-order valence-electron chi connectivity index (χ0n) is 12.8. The van der Waals surface area contributed by atoms with Crippen LogP contribution in [0.15, 0.2) is 23.1 Å². The zero-order valence-corrected chi connectivity index (χ0v) is 13.7. The van der Waals surface area contributed by atoms with Crippen LogP contribution in [0.25, 0.3) is 0 Å². The zero-order chi connectivity index (χ0) is 16.2. The summed E-state index contributed by atoms with van der Waals surface area (Å²) in [6.07, 6.45) is 3.23. The number of amides is 1. The SMILES string of the molecule is Cc1ccc(S(=O)(=O)NCCCN2CCCC2)cc1C(N)=O. The van der Waals surface area contributed by atoms with Crippen molar-refractivity contribution in [1.82, 2.24) is 9.62 Å². The van der Waals surface area contributed by atoms with Crippen LogP contribution in [0.1, 0.15) is 35.2 Å². The van der Waals surface area contributed by atoms with Crippen molar-refractivity contribution in [2.45, 2.75) is 31.1 Å². The van der Waals surface area contributed by atoms with Crippen LogP contribution < -0.4 is 10.5 Å². The minimum Gasteiger partial charge on any atom is -0.366 e. The van der Waals surface area contributed by atoms with E-state index in [1.54, 1.807) is 13.0 Å². The molecule has 1 aromatic carbocycles. The van der Waals surface area contributed by atoms with Crippen LogP contribution in [-0.4, -0.2) is 45.4 Å². The average Bonchev–Trinajstić information content (AvgIpc) is 2.97.